The Bertz CT molecular complexity index is 841. The van der Waals surface area contributed by atoms with Crippen molar-refractivity contribution in [2.24, 2.45) is 16.7 Å². The first-order valence-electron chi connectivity index (χ1n) is 9.66. The van der Waals surface area contributed by atoms with Crippen LogP contribution >= 0.6 is 22.6 Å². The third-order valence-corrected chi connectivity index (χ3v) is 6.49. The number of aliphatic hydroxyl groups is 1. The van der Waals surface area contributed by atoms with Gasteiger partial charge in [0, 0.05) is 40.7 Å². The van der Waals surface area contributed by atoms with E-state index in [-0.39, 0.29) is 39.5 Å². The second kappa shape index (κ2) is 7.39. The first-order valence-corrected chi connectivity index (χ1v) is 10.7. The van der Waals surface area contributed by atoms with Crippen LogP contribution in [0, 0.1) is 20.3 Å². The Kier molecular flexibility index (Phi) is 5.60. The van der Waals surface area contributed by atoms with Crippen molar-refractivity contribution in [3.05, 3.63) is 44.7 Å². The fraction of sp³-hybridized carbons (Fsp3) is 0.522. The second-order valence-corrected chi connectivity index (χ2v) is 11.0. The maximum atomic E-state index is 13.0. The number of carbonyl (C=O) groups is 3. The molecule has 0 heterocycles. The van der Waals surface area contributed by atoms with Crippen LogP contribution in [0.25, 0.3) is 0 Å². The summed E-state index contributed by atoms with van der Waals surface area (Å²) >= 11 is 2.19. The molecule has 0 bridgehead atoms. The predicted octanol–water partition coefficient (Wildman–Crippen LogP) is 5.15. The largest absolute Gasteiger partial charge is 0.512 e. The van der Waals surface area contributed by atoms with Gasteiger partial charge in [0.25, 0.3) is 0 Å². The molecule has 0 amide bonds. The number of rotatable bonds is 3. The van der Waals surface area contributed by atoms with Gasteiger partial charge in [0.05, 0.1) is 5.92 Å². The SMILES string of the molecule is CC1(C)CC(=O)C([C@@H](C2=C(O)CC(C)(C)CC2=O)c2ccc(I)cc2)C(=O)C1. The van der Waals surface area contributed by atoms with Gasteiger partial charge in [-0.15, -0.1) is 0 Å². The van der Waals surface area contributed by atoms with Crippen molar-refractivity contribution in [1.82, 2.24) is 0 Å². The summed E-state index contributed by atoms with van der Waals surface area (Å²) in [6.45, 7) is 7.72. The Labute approximate surface area is 179 Å². The first-order chi connectivity index (χ1) is 12.9. The average molecular weight is 494 g/mol. The van der Waals surface area contributed by atoms with E-state index in [1.54, 1.807) is 0 Å². The molecule has 5 heteroatoms. The Morgan fingerprint density at radius 1 is 0.893 bits per heavy atom. The van der Waals surface area contributed by atoms with E-state index in [0.717, 1.165) is 9.13 Å². The molecule has 0 saturated heterocycles. The molecular weight excluding hydrogens is 467 g/mol. The normalized spacial score (nSPS) is 23.8. The van der Waals surface area contributed by atoms with Crippen molar-refractivity contribution in [1.29, 1.82) is 0 Å². The summed E-state index contributed by atoms with van der Waals surface area (Å²) in [5.74, 6) is -2.03. The highest BCUT2D eigenvalue weighted by molar-refractivity contribution is 14.1. The summed E-state index contributed by atoms with van der Waals surface area (Å²) < 4.78 is 1.02. The van der Waals surface area contributed by atoms with Crippen molar-refractivity contribution >= 4 is 39.9 Å². The fourth-order valence-corrected chi connectivity index (χ4v) is 4.99. The summed E-state index contributed by atoms with van der Waals surface area (Å²) in [5.41, 5.74) is 0.300. The van der Waals surface area contributed by atoms with Crippen LogP contribution in [0.3, 0.4) is 0 Å². The zero-order valence-corrected chi connectivity index (χ0v) is 19.0. The molecule has 0 aromatic heterocycles. The molecule has 1 N–H and O–H groups in total. The van der Waals surface area contributed by atoms with Gasteiger partial charge in [-0.3, -0.25) is 14.4 Å². The third-order valence-electron chi connectivity index (χ3n) is 5.77. The molecule has 4 nitrogen and oxygen atoms in total. The third kappa shape index (κ3) is 4.24. The molecule has 2 aliphatic rings. The van der Waals surface area contributed by atoms with Crippen LogP contribution in [0.4, 0.5) is 0 Å². The zero-order chi connectivity index (χ0) is 20.9. The summed E-state index contributed by atoms with van der Waals surface area (Å²) in [6.07, 6.45) is 1.28. The first kappa shape index (κ1) is 21.2. The lowest BCUT2D eigenvalue weighted by atomic mass is 9.62. The second-order valence-electron chi connectivity index (χ2n) is 9.76. The molecule has 28 heavy (non-hydrogen) atoms. The Morgan fingerprint density at radius 3 is 1.89 bits per heavy atom. The minimum absolute atomic E-state index is 0.0234. The number of benzene rings is 1. The molecular formula is C23H27IO4. The van der Waals surface area contributed by atoms with Gasteiger partial charge in [0.2, 0.25) is 0 Å². The Hall–Kier alpha value is -1.50. The van der Waals surface area contributed by atoms with Crippen LogP contribution in [0.5, 0.6) is 0 Å². The van der Waals surface area contributed by atoms with E-state index < -0.39 is 11.8 Å². The number of Topliss-reactive ketones (excluding diaryl/α,β-unsaturated/α-hetero) is 3. The Balaban J connectivity index is 2.14. The molecule has 0 unspecified atom stereocenters. The molecule has 1 atom stereocenters. The lowest BCUT2D eigenvalue weighted by molar-refractivity contribution is -0.140. The van der Waals surface area contributed by atoms with Gasteiger partial charge in [-0.2, -0.15) is 0 Å². The summed E-state index contributed by atoms with van der Waals surface area (Å²) in [5, 5.41) is 10.8. The van der Waals surface area contributed by atoms with E-state index in [4.69, 9.17) is 0 Å². The average Bonchev–Trinajstić information content (AvgIpc) is 2.50. The van der Waals surface area contributed by atoms with E-state index in [9.17, 15) is 19.5 Å². The lowest BCUT2D eigenvalue weighted by Gasteiger charge is -2.39. The number of aliphatic hydroxyl groups excluding tert-OH is 1. The molecule has 2 aliphatic carbocycles. The van der Waals surface area contributed by atoms with Crippen LogP contribution in [0.1, 0.15) is 64.9 Å². The molecule has 0 radical (unpaired) electrons. The van der Waals surface area contributed by atoms with E-state index in [2.05, 4.69) is 22.6 Å². The standard InChI is InChI=1S/C23H27IO4/c1-22(2)9-15(25)20(16(26)10-22)19(13-5-7-14(24)8-6-13)21-17(27)11-23(3,4)12-18(21)28/h5-8,19-20,27H,9-12H2,1-4H3/t19-/m0/s1. The number of allylic oxidation sites excluding steroid dienone is 2. The minimum atomic E-state index is -0.907. The maximum absolute atomic E-state index is 13.0. The number of ketones is 3. The van der Waals surface area contributed by atoms with Gasteiger partial charge in [-0.05, 0) is 51.1 Å². The van der Waals surface area contributed by atoms with Crippen molar-refractivity contribution in [2.75, 3.05) is 0 Å². The molecule has 3 rings (SSSR count). The molecule has 150 valence electrons. The van der Waals surface area contributed by atoms with Crippen molar-refractivity contribution in [3.8, 4) is 0 Å². The lowest BCUT2D eigenvalue weighted by Crippen LogP contribution is -2.43. The monoisotopic (exact) mass is 494 g/mol. The molecule has 1 saturated carbocycles. The van der Waals surface area contributed by atoms with Crippen LogP contribution in [-0.4, -0.2) is 22.5 Å². The van der Waals surface area contributed by atoms with Crippen molar-refractivity contribution in [2.45, 2.75) is 59.3 Å². The van der Waals surface area contributed by atoms with Gasteiger partial charge in [-0.25, -0.2) is 0 Å². The topological polar surface area (TPSA) is 71.4 Å². The van der Waals surface area contributed by atoms with Crippen LogP contribution in [0.2, 0.25) is 0 Å². The Morgan fingerprint density at radius 2 is 1.39 bits per heavy atom. The minimum Gasteiger partial charge on any atom is -0.512 e. The summed E-state index contributed by atoms with van der Waals surface area (Å²) in [7, 11) is 0. The number of halogens is 1. The van der Waals surface area contributed by atoms with Crippen LogP contribution < -0.4 is 0 Å². The molecule has 1 aromatic carbocycles. The van der Waals surface area contributed by atoms with Crippen molar-refractivity contribution < 1.29 is 19.5 Å². The smallest absolute Gasteiger partial charge is 0.163 e. The quantitative estimate of drug-likeness (QED) is 0.466. The summed E-state index contributed by atoms with van der Waals surface area (Å²) in [4.78, 5) is 39.1. The molecule has 1 aromatic rings. The van der Waals surface area contributed by atoms with E-state index in [1.807, 2.05) is 52.0 Å². The van der Waals surface area contributed by atoms with Gasteiger partial charge < -0.3 is 5.11 Å². The van der Waals surface area contributed by atoms with Gasteiger partial charge >= 0.3 is 0 Å². The van der Waals surface area contributed by atoms with Crippen LogP contribution in [-0.2, 0) is 14.4 Å². The van der Waals surface area contributed by atoms with Crippen molar-refractivity contribution in [3.63, 3.8) is 0 Å². The zero-order valence-electron chi connectivity index (χ0n) is 16.8. The van der Waals surface area contributed by atoms with Gasteiger partial charge in [0.15, 0.2) is 5.78 Å². The number of hydrogen-bond donors (Lipinski definition) is 1. The predicted molar refractivity (Wildman–Crippen MR) is 116 cm³/mol. The highest BCUT2D eigenvalue weighted by Gasteiger charge is 2.48. The highest BCUT2D eigenvalue weighted by Crippen LogP contribution is 2.47. The number of carbonyl (C=O) groups excluding carboxylic acids is 3. The molecule has 1 fully saturated rings. The van der Waals surface area contributed by atoms with E-state index in [0.29, 0.717) is 25.7 Å². The van der Waals surface area contributed by atoms with E-state index in [1.165, 1.54) is 0 Å². The molecule has 0 spiro atoms. The summed E-state index contributed by atoms with van der Waals surface area (Å²) in [6, 6.07) is 7.53. The number of hydrogen-bond acceptors (Lipinski definition) is 4. The molecule has 0 aliphatic heterocycles. The fourth-order valence-electron chi connectivity index (χ4n) is 4.63. The van der Waals surface area contributed by atoms with Crippen LogP contribution in [0.15, 0.2) is 35.6 Å². The van der Waals surface area contributed by atoms with Gasteiger partial charge in [-0.1, -0.05) is 39.8 Å². The highest BCUT2D eigenvalue weighted by atomic mass is 127. The van der Waals surface area contributed by atoms with E-state index >= 15 is 0 Å². The maximum Gasteiger partial charge on any atom is 0.163 e. The van der Waals surface area contributed by atoms with Gasteiger partial charge in [0.1, 0.15) is 17.3 Å².